The molecule has 5 nitrogen and oxygen atoms in total. The van der Waals surface area contributed by atoms with Crippen LogP contribution in [0.1, 0.15) is 36.0 Å². The second kappa shape index (κ2) is 9.41. The van der Waals surface area contributed by atoms with Crippen molar-refractivity contribution in [1.29, 1.82) is 0 Å². The molecule has 2 aromatic heterocycles. The van der Waals surface area contributed by atoms with Crippen molar-refractivity contribution in [3.05, 3.63) is 58.6 Å². The molecule has 0 radical (unpaired) electrons. The van der Waals surface area contributed by atoms with E-state index in [1.165, 1.54) is 0 Å². The van der Waals surface area contributed by atoms with E-state index in [0.717, 1.165) is 21.6 Å². The first-order valence-electron chi connectivity index (χ1n) is 11.1. The van der Waals surface area contributed by atoms with E-state index in [2.05, 4.69) is 11.1 Å². The summed E-state index contributed by atoms with van der Waals surface area (Å²) in [7, 11) is 0. The van der Waals surface area contributed by atoms with E-state index >= 15 is 0 Å². The third-order valence-electron chi connectivity index (χ3n) is 6.23. The summed E-state index contributed by atoms with van der Waals surface area (Å²) in [5.41, 5.74) is 3.41. The first-order chi connectivity index (χ1) is 16.0. The van der Waals surface area contributed by atoms with Gasteiger partial charge in [-0.3, -0.25) is 4.79 Å². The highest BCUT2D eigenvalue weighted by Crippen LogP contribution is 2.37. The normalized spacial score (nSPS) is 21.0. The fraction of sp³-hybridized carbons (Fsp3) is 0.360. The molecule has 2 aliphatic rings. The van der Waals surface area contributed by atoms with Crippen molar-refractivity contribution in [3.8, 4) is 27.4 Å². The first-order valence-corrected chi connectivity index (χ1v) is 12.3. The molecule has 3 aromatic rings. The van der Waals surface area contributed by atoms with E-state index in [-0.39, 0.29) is 18.1 Å². The average Bonchev–Trinajstić information content (AvgIpc) is 3.28. The SMILES string of the molecule is O=C(c1ccc(-c2cc(-c3ccnc(OC4CC(F)C4)c3)cs2)c(Cl)c1)N1CCC(O)CC1. The van der Waals surface area contributed by atoms with Crippen LogP contribution >= 0.6 is 22.9 Å². The lowest BCUT2D eigenvalue weighted by atomic mass is 9.94. The van der Waals surface area contributed by atoms with E-state index in [1.807, 2.05) is 29.6 Å². The lowest BCUT2D eigenvalue weighted by molar-refractivity contribution is 0.0378. The van der Waals surface area contributed by atoms with E-state index < -0.39 is 6.17 Å². The Balaban J connectivity index is 1.31. The number of pyridine rings is 1. The molecule has 1 aliphatic heterocycles. The highest BCUT2D eigenvalue weighted by atomic mass is 35.5. The molecule has 1 amide bonds. The minimum atomic E-state index is -0.767. The number of hydrogen-bond donors (Lipinski definition) is 1. The van der Waals surface area contributed by atoms with E-state index in [4.69, 9.17) is 16.3 Å². The lowest BCUT2D eigenvalue weighted by Gasteiger charge is -2.29. The number of alkyl halides is 1. The number of hydrogen-bond acceptors (Lipinski definition) is 5. The molecule has 5 rings (SSSR count). The number of amides is 1. The molecule has 1 saturated heterocycles. The van der Waals surface area contributed by atoms with Crippen LogP contribution in [0.4, 0.5) is 4.39 Å². The first kappa shape index (κ1) is 22.3. The van der Waals surface area contributed by atoms with Gasteiger partial charge in [0.15, 0.2) is 0 Å². The van der Waals surface area contributed by atoms with Crippen LogP contribution in [0.3, 0.4) is 0 Å². The molecule has 8 heteroatoms. The van der Waals surface area contributed by atoms with E-state index in [9.17, 15) is 14.3 Å². The number of aromatic nitrogens is 1. The van der Waals surface area contributed by atoms with Gasteiger partial charge in [0.1, 0.15) is 12.3 Å². The summed E-state index contributed by atoms with van der Waals surface area (Å²) >= 11 is 8.15. The molecule has 0 spiro atoms. The highest BCUT2D eigenvalue weighted by Gasteiger charge is 2.31. The fourth-order valence-electron chi connectivity index (χ4n) is 4.15. The molecule has 1 aromatic carbocycles. The fourth-order valence-corrected chi connectivity index (χ4v) is 5.45. The van der Waals surface area contributed by atoms with Crippen LogP contribution < -0.4 is 4.74 Å². The number of thiophene rings is 1. The molecular formula is C25H24ClFN2O3S. The molecular weight excluding hydrogens is 463 g/mol. The Morgan fingerprint density at radius 1 is 1.15 bits per heavy atom. The number of carbonyl (C=O) groups excluding carboxylic acids is 1. The van der Waals surface area contributed by atoms with Crippen molar-refractivity contribution in [3.63, 3.8) is 0 Å². The van der Waals surface area contributed by atoms with Crippen molar-refractivity contribution in [1.82, 2.24) is 9.88 Å². The largest absolute Gasteiger partial charge is 0.474 e. The number of halogens is 2. The molecule has 1 saturated carbocycles. The minimum Gasteiger partial charge on any atom is -0.474 e. The predicted molar refractivity (Wildman–Crippen MR) is 128 cm³/mol. The van der Waals surface area contributed by atoms with Gasteiger partial charge in [-0.25, -0.2) is 9.37 Å². The summed E-state index contributed by atoms with van der Waals surface area (Å²) in [6, 6.07) is 11.3. The molecule has 0 unspecified atom stereocenters. The van der Waals surface area contributed by atoms with Crippen molar-refractivity contribution < 1.29 is 19.0 Å². The number of rotatable bonds is 5. The summed E-state index contributed by atoms with van der Waals surface area (Å²) in [6.45, 7) is 1.11. The number of likely N-dealkylation sites (tertiary alicyclic amines) is 1. The third kappa shape index (κ3) is 4.90. The Labute approximate surface area is 200 Å². The summed E-state index contributed by atoms with van der Waals surface area (Å²) < 4.78 is 18.8. The van der Waals surface area contributed by atoms with Gasteiger partial charge >= 0.3 is 0 Å². The molecule has 0 bridgehead atoms. The van der Waals surface area contributed by atoms with Crippen LogP contribution in [0.15, 0.2) is 48.0 Å². The van der Waals surface area contributed by atoms with Gasteiger partial charge in [0.25, 0.3) is 5.91 Å². The van der Waals surface area contributed by atoms with Crippen LogP contribution in [0.5, 0.6) is 5.88 Å². The Bertz CT molecular complexity index is 1160. The second-order valence-electron chi connectivity index (χ2n) is 8.61. The van der Waals surface area contributed by atoms with Gasteiger partial charge in [-0.05, 0) is 53.6 Å². The number of carbonyl (C=O) groups is 1. The number of piperidine rings is 1. The summed E-state index contributed by atoms with van der Waals surface area (Å²) in [5.74, 6) is 0.445. The van der Waals surface area contributed by atoms with Crippen LogP contribution in [-0.4, -0.2) is 52.4 Å². The highest BCUT2D eigenvalue weighted by molar-refractivity contribution is 7.14. The molecule has 2 fully saturated rings. The van der Waals surface area contributed by atoms with Crippen molar-refractivity contribution >= 4 is 28.8 Å². The van der Waals surface area contributed by atoms with Gasteiger partial charge in [-0.15, -0.1) is 11.3 Å². The van der Waals surface area contributed by atoms with Crippen LogP contribution in [-0.2, 0) is 0 Å². The number of aliphatic hydroxyl groups is 1. The maximum absolute atomic E-state index is 13.0. The Kier molecular flexibility index (Phi) is 6.36. The zero-order valence-corrected chi connectivity index (χ0v) is 19.5. The monoisotopic (exact) mass is 486 g/mol. The van der Waals surface area contributed by atoms with Gasteiger partial charge in [0, 0.05) is 54.2 Å². The van der Waals surface area contributed by atoms with Gasteiger partial charge in [-0.1, -0.05) is 17.7 Å². The molecule has 1 N–H and O–H groups in total. The molecule has 0 atom stereocenters. The number of nitrogens with zero attached hydrogens (tertiary/aromatic N) is 2. The number of ether oxygens (including phenoxy) is 1. The number of aliphatic hydroxyl groups excluding tert-OH is 1. The van der Waals surface area contributed by atoms with Crippen LogP contribution in [0, 0.1) is 0 Å². The maximum atomic E-state index is 13.0. The molecule has 1 aliphatic carbocycles. The molecule has 172 valence electrons. The van der Waals surface area contributed by atoms with E-state index in [1.54, 1.807) is 28.5 Å². The smallest absolute Gasteiger partial charge is 0.253 e. The summed E-state index contributed by atoms with van der Waals surface area (Å²) in [6.07, 6.45) is 2.56. The topological polar surface area (TPSA) is 62.7 Å². The summed E-state index contributed by atoms with van der Waals surface area (Å²) in [4.78, 5) is 19.8. The van der Waals surface area contributed by atoms with Gasteiger partial charge in [0.2, 0.25) is 5.88 Å². The van der Waals surface area contributed by atoms with Crippen LogP contribution in [0.25, 0.3) is 21.6 Å². The zero-order chi connectivity index (χ0) is 22.9. The van der Waals surface area contributed by atoms with Gasteiger partial charge in [-0.2, -0.15) is 0 Å². The molecule has 33 heavy (non-hydrogen) atoms. The Hall–Kier alpha value is -2.48. The van der Waals surface area contributed by atoms with Crippen molar-refractivity contribution in [2.45, 2.75) is 44.1 Å². The summed E-state index contributed by atoms with van der Waals surface area (Å²) in [5, 5.41) is 12.2. The van der Waals surface area contributed by atoms with Gasteiger partial charge in [0.05, 0.1) is 11.1 Å². The Morgan fingerprint density at radius 3 is 2.67 bits per heavy atom. The quantitative estimate of drug-likeness (QED) is 0.509. The average molecular weight is 487 g/mol. The Morgan fingerprint density at radius 2 is 1.94 bits per heavy atom. The minimum absolute atomic E-state index is 0.0583. The van der Waals surface area contributed by atoms with Gasteiger partial charge < -0.3 is 14.7 Å². The van der Waals surface area contributed by atoms with Crippen molar-refractivity contribution in [2.75, 3.05) is 13.1 Å². The predicted octanol–water partition coefficient (Wildman–Crippen LogP) is 5.61. The second-order valence-corrected chi connectivity index (χ2v) is 9.93. The standard InChI is InChI=1S/C25H24ClFN2O3S/c26-22-9-16(25(31)29-7-4-19(30)5-8-29)1-2-21(22)23-10-17(14-33-23)15-3-6-28-24(11-15)32-20-12-18(27)13-20/h1-3,6,9-11,14,18-20,30H,4-5,7-8,12-13H2. The maximum Gasteiger partial charge on any atom is 0.253 e. The molecule has 3 heterocycles. The zero-order valence-electron chi connectivity index (χ0n) is 17.9. The van der Waals surface area contributed by atoms with Crippen molar-refractivity contribution in [2.24, 2.45) is 0 Å². The number of benzene rings is 1. The lowest BCUT2D eigenvalue weighted by Crippen LogP contribution is -2.40. The third-order valence-corrected chi connectivity index (χ3v) is 7.50. The van der Waals surface area contributed by atoms with Crippen LogP contribution in [0.2, 0.25) is 5.02 Å². The van der Waals surface area contributed by atoms with E-state index in [0.29, 0.717) is 55.2 Å².